The highest BCUT2D eigenvalue weighted by molar-refractivity contribution is 5.18. The first-order valence-electron chi connectivity index (χ1n) is 3.33. The van der Waals surface area contributed by atoms with Crippen molar-refractivity contribution in [3.8, 4) is 0 Å². The molecule has 0 N–H and O–H groups in total. The molecule has 60 valence electrons. The van der Waals surface area contributed by atoms with Crippen LogP contribution in [0.2, 0.25) is 0 Å². The van der Waals surface area contributed by atoms with Crippen LogP contribution in [0.15, 0.2) is 16.5 Å². The summed E-state index contributed by atoms with van der Waals surface area (Å²) in [6.07, 6.45) is 0. The molecule has 0 aliphatic heterocycles. The highest BCUT2D eigenvalue weighted by Gasteiger charge is 1.86. The molecule has 0 spiro atoms. The molecule has 0 saturated heterocycles. The van der Waals surface area contributed by atoms with Gasteiger partial charge in [-0.2, -0.15) is 0 Å². The molecule has 0 aromatic carbocycles. The number of hydrogen-bond donors (Lipinski definition) is 0. The largest absolute Gasteiger partial charge is 0.611 e. The Labute approximate surface area is 64.2 Å². The monoisotopic (exact) mass is 153 g/mol. The van der Waals surface area contributed by atoms with Crippen molar-refractivity contribution in [1.29, 1.82) is 0 Å². The fourth-order valence-electron chi connectivity index (χ4n) is 0.690. The van der Waals surface area contributed by atoms with Crippen LogP contribution in [0.25, 0.3) is 12.5 Å². The van der Waals surface area contributed by atoms with Crippen LogP contribution in [0.1, 0.15) is 6.92 Å². The second-order valence-electron chi connectivity index (χ2n) is 1.99. The van der Waals surface area contributed by atoms with Crippen molar-refractivity contribution in [2.45, 2.75) is 6.92 Å². The molecular weight excluding hydrogens is 144 g/mol. The number of hydrogen-bond acceptors (Lipinski definition) is 3. The van der Waals surface area contributed by atoms with Gasteiger partial charge in [-0.05, 0) is 18.7 Å². The van der Waals surface area contributed by atoms with Crippen LogP contribution in [0, 0.1) is 0 Å². The first kappa shape index (κ1) is 7.72. The maximum Gasteiger partial charge on any atom is 0.149 e. The quantitative estimate of drug-likeness (QED) is 0.556. The summed E-state index contributed by atoms with van der Waals surface area (Å²) in [7, 11) is 0. The minimum atomic E-state index is -0.442. The maximum atomic E-state index is 10.9. The van der Waals surface area contributed by atoms with E-state index in [1.54, 1.807) is 19.1 Å². The highest BCUT2D eigenvalue weighted by atomic mass is 16.6. The van der Waals surface area contributed by atoms with Crippen molar-refractivity contribution in [3.05, 3.63) is 23.0 Å². The van der Waals surface area contributed by atoms with Crippen LogP contribution in [-0.2, 0) is 4.74 Å². The van der Waals surface area contributed by atoms with E-state index in [4.69, 9.17) is 4.42 Å². The zero-order valence-corrected chi connectivity index (χ0v) is 6.29. The van der Waals surface area contributed by atoms with Crippen LogP contribution in [-0.4, -0.2) is 6.61 Å². The molecular formula is C8H9O3-. The van der Waals surface area contributed by atoms with Gasteiger partial charge in [0.1, 0.15) is 10.8 Å². The molecule has 0 saturated carbocycles. The Morgan fingerprint density at radius 2 is 2.45 bits per heavy atom. The predicted molar refractivity (Wildman–Crippen MR) is 38.5 cm³/mol. The fourth-order valence-corrected chi connectivity index (χ4v) is 0.690. The van der Waals surface area contributed by atoms with Gasteiger partial charge in [0.15, 0.2) is 0 Å². The number of furan rings is 1. The summed E-state index contributed by atoms with van der Waals surface area (Å²) in [4.78, 5) is 0. The van der Waals surface area contributed by atoms with Crippen LogP contribution < -0.4 is 15.9 Å². The summed E-state index contributed by atoms with van der Waals surface area (Å²) < 4.78 is 9.59. The SMILES string of the molecule is C=c1ccc(=C([O-])OCC)o1. The fraction of sp³-hybridized carbons (Fsp3) is 0.250. The van der Waals surface area contributed by atoms with Gasteiger partial charge < -0.3 is 14.3 Å². The van der Waals surface area contributed by atoms with Gasteiger partial charge >= 0.3 is 0 Å². The van der Waals surface area contributed by atoms with Crippen LogP contribution in [0.4, 0.5) is 0 Å². The van der Waals surface area contributed by atoms with Gasteiger partial charge in [0.2, 0.25) is 0 Å². The van der Waals surface area contributed by atoms with Crippen LogP contribution in [0.3, 0.4) is 0 Å². The molecule has 0 amide bonds. The van der Waals surface area contributed by atoms with E-state index in [1.807, 2.05) is 0 Å². The summed E-state index contributed by atoms with van der Waals surface area (Å²) in [5, 5.41) is 10.9. The van der Waals surface area contributed by atoms with Crippen molar-refractivity contribution >= 4 is 12.5 Å². The Kier molecular flexibility index (Phi) is 2.21. The van der Waals surface area contributed by atoms with Gasteiger partial charge in [0.05, 0.1) is 5.95 Å². The molecule has 0 unspecified atom stereocenters. The second kappa shape index (κ2) is 3.14. The van der Waals surface area contributed by atoms with Gasteiger partial charge in [-0.1, -0.05) is 13.5 Å². The average molecular weight is 153 g/mol. The van der Waals surface area contributed by atoms with E-state index >= 15 is 0 Å². The summed E-state index contributed by atoms with van der Waals surface area (Å²) >= 11 is 0. The van der Waals surface area contributed by atoms with Gasteiger partial charge in [-0.25, -0.2) is 0 Å². The molecule has 1 rings (SSSR count). The van der Waals surface area contributed by atoms with Crippen molar-refractivity contribution in [1.82, 2.24) is 0 Å². The van der Waals surface area contributed by atoms with Crippen molar-refractivity contribution in [2.24, 2.45) is 0 Å². The van der Waals surface area contributed by atoms with Gasteiger partial charge in [0.25, 0.3) is 0 Å². The summed E-state index contributed by atoms with van der Waals surface area (Å²) in [5.74, 6) is -0.442. The number of ether oxygens (including phenoxy) is 1. The van der Waals surface area contributed by atoms with E-state index in [-0.39, 0.29) is 5.42 Å². The Morgan fingerprint density at radius 1 is 1.73 bits per heavy atom. The Hall–Kier alpha value is -1.38. The molecule has 0 radical (unpaired) electrons. The Bertz CT molecular complexity index is 323. The van der Waals surface area contributed by atoms with E-state index < -0.39 is 5.95 Å². The van der Waals surface area contributed by atoms with Crippen LogP contribution in [0.5, 0.6) is 0 Å². The summed E-state index contributed by atoms with van der Waals surface area (Å²) in [6, 6.07) is 3.16. The first-order valence-corrected chi connectivity index (χ1v) is 3.33. The molecule has 0 atom stereocenters. The maximum absolute atomic E-state index is 10.9. The minimum Gasteiger partial charge on any atom is -0.611 e. The average Bonchev–Trinajstić information content (AvgIpc) is 2.36. The normalized spacial score (nSPS) is 12.8. The lowest BCUT2D eigenvalue weighted by molar-refractivity contribution is -0.292. The highest BCUT2D eigenvalue weighted by Crippen LogP contribution is 1.82. The van der Waals surface area contributed by atoms with E-state index in [0.717, 1.165) is 0 Å². The molecule has 0 aliphatic rings. The van der Waals surface area contributed by atoms with Gasteiger partial charge in [-0.15, -0.1) is 0 Å². The zero-order chi connectivity index (χ0) is 8.27. The second-order valence-corrected chi connectivity index (χ2v) is 1.99. The molecule has 3 heteroatoms. The van der Waals surface area contributed by atoms with Crippen LogP contribution >= 0.6 is 0 Å². The number of rotatable bonds is 2. The lowest BCUT2D eigenvalue weighted by Crippen LogP contribution is -2.17. The summed E-state index contributed by atoms with van der Waals surface area (Å²) in [5.41, 5.74) is 0.671. The predicted octanol–water partition coefficient (Wildman–Crippen LogP) is -0.848. The Balaban J connectivity index is 3.05. The molecule has 1 aromatic heterocycles. The molecule has 3 nitrogen and oxygen atoms in total. The minimum absolute atomic E-state index is 0.205. The molecule has 0 fully saturated rings. The van der Waals surface area contributed by atoms with E-state index in [2.05, 4.69) is 11.3 Å². The standard InChI is InChI=1S/C8H10O3/c1-3-10-8(9)7-5-4-6(2)11-7/h4-5,9H,2-3H2,1H3/p-1. The summed E-state index contributed by atoms with van der Waals surface area (Å²) in [6.45, 7) is 5.60. The molecule has 1 heterocycles. The van der Waals surface area contributed by atoms with Crippen molar-refractivity contribution in [3.63, 3.8) is 0 Å². The molecule has 0 bridgehead atoms. The lowest BCUT2D eigenvalue weighted by Gasteiger charge is -2.09. The third-order valence-electron chi connectivity index (χ3n) is 1.14. The topological polar surface area (TPSA) is 45.4 Å². The van der Waals surface area contributed by atoms with E-state index in [9.17, 15) is 5.11 Å². The Morgan fingerprint density at radius 3 is 2.91 bits per heavy atom. The smallest absolute Gasteiger partial charge is 0.149 e. The van der Waals surface area contributed by atoms with Gasteiger partial charge in [-0.3, -0.25) is 0 Å². The third-order valence-corrected chi connectivity index (χ3v) is 1.14. The van der Waals surface area contributed by atoms with E-state index in [0.29, 0.717) is 12.0 Å². The zero-order valence-electron chi connectivity index (χ0n) is 6.29. The molecule has 11 heavy (non-hydrogen) atoms. The van der Waals surface area contributed by atoms with E-state index in [1.165, 1.54) is 0 Å². The third kappa shape index (κ3) is 1.77. The lowest BCUT2D eigenvalue weighted by atomic mass is 10.6. The first-order chi connectivity index (χ1) is 5.24. The molecule has 0 aliphatic carbocycles. The van der Waals surface area contributed by atoms with Crippen molar-refractivity contribution in [2.75, 3.05) is 6.61 Å². The molecule has 1 aromatic rings. The van der Waals surface area contributed by atoms with Crippen molar-refractivity contribution < 1.29 is 14.3 Å². The van der Waals surface area contributed by atoms with Gasteiger partial charge in [0, 0.05) is 0 Å².